The maximum Gasteiger partial charge on any atom is 0.165 e. The molecule has 0 radical (unpaired) electrons. The Morgan fingerprint density at radius 1 is 1.33 bits per heavy atom. The summed E-state index contributed by atoms with van der Waals surface area (Å²) >= 11 is 0. The number of para-hydroxylation sites is 1. The highest BCUT2D eigenvalue weighted by Crippen LogP contribution is 2.22. The lowest BCUT2D eigenvalue weighted by Crippen LogP contribution is -2.21. The summed E-state index contributed by atoms with van der Waals surface area (Å²) in [5.41, 5.74) is 0.877. The summed E-state index contributed by atoms with van der Waals surface area (Å²) in [5.74, 6) is 0.0903. The monoisotopic (exact) mass is 254 g/mol. The van der Waals surface area contributed by atoms with E-state index in [-0.39, 0.29) is 5.82 Å². The van der Waals surface area contributed by atoms with Crippen molar-refractivity contribution in [2.75, 3.05) is 33.8 Å². The van der Waals surface area contributed by atoms with Gasteiger partial charge in [-0.2, -0.15) is 0 Å². The number of nitrogens with zero attached hydrogens (tertiary/aromatic N) is 1. The molecule has 0 bridgehead atoms. The second kappa shape index (κ2) is 8.06. The Bertz CT molecular complexity index is 356. The topological polar surface area (TPSA) is 24.5 Å². The molecule has 0 aliphatic carbocycles. The number of likely N-dealkylation sites (N-methyl/N-ethyl adjacent to an activating group) is 1. The van der Waals surface area contributed by atoms with E-state index in [0.717, 1.165) is 25.1 Å². The van der Waals surface area contributed by atoms with Crippen molar-refractivity contribution in [3.8, 4) is 5.75 Å². The largest absolute Gasteiger partial charge is 0.489 e. The molecule has 1 aromatic carbocycles. The van der Waals surface area contributed by atoms with Gasteiger partial charge in [0, 0.05) is 18.7 Å². The van der Waals surface area contributed by atoms with E-state index in [1.54, 1.807) is 6.07 Å². The molecule has 0 heterocycles. The Hall–Kier alpha value is -1.13. The maximum absolute atomic E-state index is 13.7. The highest BCUT2D eigenvalue weighted by Gasteiger charge is 2.09. The Balaban J connectivity index is 2.61. The zero-order valence-electron chi connectivity index (χ0n) is 11.5. The fourth-order valence-electron chi connectivity index (χ4n) is 1.58. The van der Waals surface area contributed by atoms with Crippen molar-refractivity contribution in [2.45, 2.75) is 19.9 Å². The molecular weight excluding hydrogens is 231 g/mol. The summed E-state index contributed by atoms with van der Waals surface area (Å²) < 4.78 is 19.3. The molecule has 4 heteroatoms. The molecule has 0 fully saturated rings. The first kappa shape index (κ1) is 14.9. The van der Waals surface area contributed by atoms with E-state index in [1.807, 2.05) is 25.1 Å². The van der Waals surface area contributed by atoms with Crippen molar-refractivity contribution in [1.82, 2.24) is 10.2 Å². The fourth-order valence-corrected chi connectivity index (χ4v) is 1.58. The average molecular weight is 254 g/mol. The number of ether oxygens (including phenoxy) is 1. The van der Waals surface area contributed by atoms with Gasteiger partial charge in [-0.1, -0.05) is 19.1 Å². The van der Waals surface area contributed by atoms with Crippen LogP contribution in [0, 0.1) is 5.82 Å². The van der Waals surface area contributed by atoms with Crippen molar-refractivity contribution < 1.29 is 9.13 Å². The predicted molar refractivity (Wildman–Crippen MR) is 72.4 cm³/mol. The predicted octanol–water partition coefficient (Wildman–Crippen LogP) is 2.27. The van der Waals surface area contributed by atoms with Crippen LogP contribution < -0.4 is 10.1 Å². The van der Waals surface area contributed by atoms with Gasteiger partial charge in [-0.05, 0) is 33.1 Å². The number of hydrogen-bond acceptors (Lipinski definition) is 3. The van der Waals surface area contributed by atoms with Crippen LogP contribution in [0.1, 0.15) is 18.9 Å². The van der Waals surface area contributed by atoms with Crippen LogP contribution in [0.25, 0.3) is 0 Å². The van der Waals surface area contributed by atoms with E-state index in [0.29, 0.717) is 18.9 Å². The molecule has 18 heavy (non-hydrogen) atoms. The maximum atomic E-state index is 13.7. The molecule has 0 unspecified atom stereocenters. The molecule has 0 atom stereocenters. The van der Waals surface area contributed by atoms with E-state index in [4.69, 9.17) is 4.74 Å². The van der Waals surface area contributed by atoms with Crippen LogP contribution in [0.3, 0.4) is 0 Å². The Kier molecular flexibility index (Phi) is 6.68. The van der Waals surface area contributed by atoms with E-state index in [2.05, 4.69) is 12.2 Å². The minimum absolute atomic E-state index is 0.287. The number of hydrogen-bond donors (Lipinski definition) is 1. The summed E-state index contributed by atoms with van der Waals surface area (Å²) in [4.78, 5) is 2.01. The smallest absolute Gasteiger partial charge is 0.165 e. The molecule has 1 rings (SSSR count). The molecule has 0 saturated carbocycles. The van der Waals surface area contributed by atoms with E-state index >= 15 is 0 Å². The summed E-state index contributed by atoms with van der Waals surface area (Å²) in [5, 5.41) is 3.26. The normalized spacial score (nSPS) is 10.9. The van der Waals surface area contributed by atoms with Crippen molar-refractivity contribution in [2.24, 2.45) is 0 Å². The zero-order valence-corrected chi connectivity index (χ0v) is 11.5. The number of halogens is 1. The van der Waals surface area contributed by atoms with E-state index in [1.165, 1.54) is 6.07 Å². The van der Waals surface area contributed by atoms with Gasteiger partial charge in [0.2, 0.25) is 0 Å². The van der Waals surface area contributed by atoms with Crippen molar-refractivity contribution in [1.29, 1.82) is 0 Å². The minimum Gasteiger partial charge on any atom is -0.489 e. The van der Waals surface area contributed by atoms with Crippen LogP contribution in [-0.2, 0) is 6.54 Å². The van der Waals surface area contributed by atoms with Gasteiger partial charge in [0.25, 0.3) is 0 Å². The highest BCUT2D eigenvalue weighted by atomic mass is 19.1. The van der Waals surface area contributed by atoms with Crippen LogP contribution in [0.4, 0.5) is 4.39 Å². The Morgan fingerprint density at radius 3 is 2.78 bits per heavy atom. The summed E-state index contributed by atoms with van der Waals surface area (Å²) in [7, 11) is 3.93. The molecule has 0 aromatic heterocycles. The summed E-state index contributed by atoms with van der Waals surface area (Å²) in [6, 6.07) is 5.06. The van der Waals surface area contributed by atoms with Gasteiger partial charge in [0.15, 0.2) is 11.6 Å². The van der Waals surface area contributed by atoms with Gasteiger partial charge in [0.1, 0.15) is 6.61 Å². The molecule has 0 saturated heterocycles. The molecule has 0 aliphatic rings. The van der Waals surface area contributed by atoms with Crippen LogP contribution in [0.2, 0.25) is 0 Å². The summed E-state index contributed by atoms with van der Waals surface area (Å²) in [6.07, 6.45) is 1.06. The SMILES string of the molecule is CCCNCc1cccc(F)c1OCCN(C)C. The van der Waals surface area contributed by atoms with Gasteiger partial charge >= 0.3 is 0 Å². The average Bonchev–Trinajstić information content (AvgIpc) is 2.32. The van der Waals surface area contributed by atoms with Gasteiger partial charge < -0.3 is 15.0 Å². The molecule has 102 valence electrons. The van der Waals surface area contributed by atoms with Crippen molar-refractivity contribution in [3.63, 3.8) is 0 Å². The van der Waals surface area contributed by atoms with Crippen LogP contribution >= 0.6 is 0 Å². The molecule has 0 aliphatic heterocycles. The first-order valence-electron chi connectivity index (χ1n) is 6.40. The third-order valence-corrected chi connectivity index (χ3v) is 2.58. The van der Waals surface area contributed by atoms with Crippen LogP contribution in [0.15, 0.2) is 18.2 Å². The molecule has 0 amide bonds. The number of nitrogens with one attached hydrogen (secondary N) is 1. The van der Waals surface area contributed by atoms with Crippen molar-refractivity contribution >= 4 is 0 Å². The summed E-state index contributed by atoms with van der Waals surface area (Å²) in [6.45, 7) is 4.94. The molecule has 3 nitrogen and oxygen atoms in total. The van der Waals surface area contributed by atoms with Gasteiger partial charge in [-0.3, -0.25) is 0 Å². The van der Waals surface area contributed by atoms with E-state index in [9.17, 15) is 4.39 Å². The molecule has 0 spiro atoms. The lowest BCUT2D eigenvalue weighted by Gasteiger charge is -2.15. The minimum atomic E-state index is -0.287. The van der Waals surface area contributed by atoms with Crippen molar-refractivity contribution in [3.05, 3.63) is 29.6 Å². The third kappa shape index (κ3) is 5.02. The number of benzene rings is 1. The molecular formula is C14H23FN2O. The van der Waals surface area contributed by atoms with Crippen LogP contribution in [0.5, 0.6) is 5.75 Å². The molecule has 1 N–H and O–H groups in total. The standard InChI is InChI=1S/C14H23FN2O/c1-4-8-16-11-12-6-5-7-13(15)14(12)18-10-9-17(2)3/h5-7,16H,4,8-11H2,1-3H3. The second-order valence-corrected chi connectivity index (χ2v) is 4.56. The highest BCUT2D eigenvalue weighted by molar-refractivity contribution is 5.34. The number of rotatable bonds is 8. The quantitative estimate of drug-likeness (QED) is 0.720. The second-order valence-electron chi connectivity index (χ2n) is 4.56. The van der Waals surface area contributed by atoms with E-state index < -0.39 is 0 Å². The first-order valence-corrected chi connectivity index (χ1v) is 6.40. The fraction of sp³-hybridized carbons (Fsp3) is 0.571. The van der Waals surface area contributed by atoms with Crippen LogP contribution in [-0.4, -0.2) is 38.7 Å². The van der Waals surface area contributed by atoms with Gasteiger partial charge in [-0.15, -0.1) is 0 Å². The molecule has 1 aromatic rings. The Labute approximate surface area is 109 Å². The zero-order chi connectivity index (χ0) is 13.4. The third-order valence-electron chi connectivity index (χ3n) is 2.58. The lowest BCUT2D eigenvalue weighted by atomic mass is 10.2. The Morgan fingerprint density at radius 2 is 2.11 bits per heavy atom. The lowest BCUT2D eigenvalue weighted by molar-refractivity contribution is 0.250. The van der Waals surface area contributed by atoms with Gasteiger partial charge in [0.05, 0.1) is 0 Å². The first-order chi connectivity index (χ1) is 8.65. The van der Waals surface area contributed by atoms with Gasteiger partial charge in [-0.25, -0.2) is 4.39 Å².